The molecule has 0 saturated carbocycles. The lowest BCUT2D eigenvalue weighted by Gasteiger charge is -2.09. The van der Waals surface area contributed by atoms with Gasteiger partial charge in [-0.2, -0.15) is 0 Å². The summed E-state index contributed by atoms with van der Waals surface area (Å²) >= 11 is 0. The highest BCUT2D eigenvalue weighted by Gasteiger charge is 2.05. The van der Waals surface area contributed by atoms with Gasteiger partial charge in [0.1, 0.15) is 5.82 Å². The molecule has 66 valence electrons. The minimum Gasteiger partial charge on any atom is -0.396 e. The fraction of sp³-hybridized carbons (Fsp3) is 0.333. The second-order valence-corrected chi connectivity index (χ2v) is 2.80. The van der Waals surface area contributed by atoms with E-state index in [1.807, 2.05) is 6.92 Å². The number of nitrogens with two attached hydrogens (primary N) is 2. The van der Waals surface area contributed by atoms with Crippen LogP contribution in [-0.2, 0) is 0 Å². The third-order valence-electron chi connectivity index (χ3n) is 1.89. The number of nitrogen functional groups attached to an aromatic ring is 1. The van der Waals surface area contributed by atoms with E-state index in [-0.39, 0.29) is 11.7 Å². The number of hydrogen-bond acceptors (Lipinski definition) is 2. The van der Waals surface area contributed by atoms with Gasteiger partial charge in [-0.15, -0.1) is 0 Å². The summed E-state index contributed by atoms with van der Waals surface area (Å²) in [5.41, 5.74) is 12.0. The van der Waals surface area contributed by atoms with Crippen molar-refractivity contribution in [1.82, 2.24) is 0 Å². The minimum atomic E-state index is -0.392. The largest absolute Gasteiger partial charge is 0.396 e. The second kappa shape index (κ2) is 3.54. The van der Waals surface area contributed by atoms with Crippen LogP contribution in [0.2, 0.25) is 0 Å². The molecular weight excluding hydrogens is 155 g/mol. The van der Waals surface area contributed by atoms with Crippen LogP contribution in [0.15, 0.2) is 18.2 Å². The summed E-state index contributed by atoms with van der Waals surface area (Å²) in [6.07, 6.45) is 0.795. The third kappa shape index (κ3) is 1.74. The van der Waals surface area contributed by atoms with Crippen LogP contribution in [0.3, 0.4) is 0 Å². The molecule has 0 spiro atoms. The number of anilines is 1. The molecule has 0 aliphatic rings. The maximum atomic E-state index is 12.9. The first-order valence-electron chi connectivity index (χ1n) is 3.95. The van der Waals surface area contributed by atoms with Gasteiger partial charge in [-0.3, -0.25) is 0 Å². The maximum Gasteiger partial charge on any atom is 0.146 e. The van der Waals surface area contributed by atoms with Gasteiger partial charge >= 0.3 is 0 Å². The average molecular weight is 168 g/mol. The summed E-state index contributed by atoms with van der Waals surface area (Å²) in [6, 6.07) is 4.59. The zero-order valence-corrected chi connectivity index (χ0v) is 7.05. The van der Waals surface area contributed by atoms with Crippen molar-refractivity contribution in [2.24, 2.45) is 5.73 Å². The summed E-state index contributed by atoms with van der Waals surface area (Å²) < 4.78 is 12.9. The van der Waals surface area contributed by atoms with Gasteiger partial charge in [-0.25, -0.2) is 4.39 Å². The predicted octanol–water partition coefficient (Wildman–Crippen LogP) is 1.82. The van der Waals surface area contributed by atoms with Crippen LogP contribution < -0.4 is 11.5 Å². The lowest BCUT2D eigenvalue weighted by molar-refractivity contribution is 0.621. The quantitative estimate of drug-likeness (QED) is 0.662. The van der Waals surface area contributed by atoms with Crippen molar-refractivity contribution in [3.63, 3.8) is 0 Å². The molecule has 0 amide bonds. The Balaban J connectivity index is 2.96. The Bertz CT molecular complexity index is 273. The highest BCUT2D eigenvalue weighted by molar-refractivity contribution is 5.41. The van der Waals surface area contributed by atoms with Crippen LogP contribution in [0.1, 0.15) is 24.9 Å². The smallest absolute Gasteiger partial charge is 0.146 e. The Kier molecular flexibility index (Phi) is 2.65. The maximum absolute atomic E-state index is 12.9. The summed E-state index contributed by atoms with van der Waals surface area (Å²) in [4.78, 5) is 0. The molecule has 0 fully saturated rings. The molecule has 2 nitrogen and oxygen atoms in total. The molecule has 0 unspecified atom stereocenters. The fourth-order valence-corrected chi connectivity index (χ4v) is 1.01. The zero-order chi connectivity index (χ0) is 9.14. The predicted molar refractivity (Wildman–Crippen MR) is 48.0 cm³/mol. The molecule has 0 aliphatic heterocycles. The van der Waals surface area contributed by atoms with Crippen molar-refractivity contribution in [2.75, 3.05) is 5.73 Å². The van der Waals surface area contributed by atoms with Crippen molar-refractivity contribution in [3.05, 3.63) is 29.6 Å². The van der Waals surface area contributed by atoms with Crippen LogP contribution >= 0.6 is 0 Å². The molecule has 0 saturated heterocycles. The van der Waals surface area contributed by atoms with Crippen molar-refractivity contribution in [3.8, 4) is 0 Å². The SMILES string of the molecule is CC[C@H](N)c1ccc(N)c(F)c1. The van der Waals surface area contributed by atoms with Crippen molar-refractivity contribution >= 4 is 5.69 Å². The van der Waals surface area contributed by atoms with E-state index >= 15 is 0 Å². The summed E-state index contributed by atoms with van der Waals surface area (Å²) in [5.74, 6) is -0.392. The Morgan fingerprint density at radius 3 is 2.67 bits per heavy atom. The minimum absolute atomic E-state index is 0.0971. The van der Waals surface area contributed by atoms with E-state index in [0.717, 1.165) is 12.0 Å². The van der Waals surface area contributed by atoms with Gasteiger partial charge in [0.25, 0.3) is 0 Å². The van der Waals surface area contributed by atoms with Crippen molar-refractivity contribution in [1.29, 1.82) is 0 Å². The van der Waals surface area contributed by atoms with E-state index in [9.17, 15) is 4.39 Å². The first-order chi connectivity index (χ1) is 5.65. The molecule has 1 rings (SSSR count). The highest BCUT2D eigenvalue weighted by atomic mass is 19.1. The molecule has 0 heterocycles. The Morgan fingerprint density at radius 1 is 1.50 bits per heavy atom. The zero-order valence-electron chi connectivity index (χ0n) is 7.05. The number of hydrogen-bond donors (Lipinski definition) is 2. The van der Waals surface area contributed by atoms with E-state index in [1.165, 1.54) is 6.07 Å². The van der Waals surface area contributed by atoms with Gasteiger partial charge in [0.15, 0.2) is 0 Å². The van der Waals surface area contributed by atoms with Crippen molar-refractivity contribution < 1.29 is 4.39 Å². The Hall–Kier alpha value is -1.09. The van der Waals surface area contributed by atoms with E-state index in [4.69, 9.17) is 11.5 Å². The molecule has 0 bridgehead atoms. The molecular formula is C9H13FN2. The second-order valence-electron chi connectivity index (χ2n) is 2.80. The molecule has 12 heavy (non-hydrogen) atoms. The molecule has 0 radical (unpaired) electrons. The van der Waals surface area contributed by atoms with Gasteiger partial charge in [-0.1, -0.05) is 13.0 Å². The van der Waals surface area contributed by atoms with Crippen molar-refractivity contribution in [2.45, 2.75) is 19.4 Å². The monoisotopic (exact) mass is 168 g/mol. The Morgan fingerprint density at radius 2 is 2.17 bits per heavy atom. The number of benzene rings is 1. The van der Waals surface area contributed by atoms with Gasteiger partial charge < -0.3 is 11.5 Å². The summed E-state index contributed by atoms with van der Waals surface area (Å²) in [5, 5.41) is 0. The molecule has 1 aromatic rings. The first-order valence-corrected chi connectivity index (χ1v) is 3.95. The molecule has 0 aromatic heterocycles. The van der Waals surface area contributed by atoms with Crippen LogP contribution in [0.4, 0.5) is 10.1 Å². The topological polar surface area (TPSA) is 52.0 Å². The number of rotatable bonds is 2. The van der Waals surface area contributed by atoms with Crippen LogP contribution in [0.25, 0.3) is 0 Å². The Labute approximate surface area is 71.4 Å². The average Bonchev–Trinajstić information content (AvgIpc) is 2.08. The lowest BCUT2D eigenvalue weighted by Crippen LogP contribution is -2.09. The van der Waals surface area contributed by atoms with Gasteiger partial charge in [-0.05, 0) is 24.1 Å². The van der Waals surface area contributed by atoms with E-state index in [0.29, 0.717) is 0 Å². The van der Waals surface area contributed by atoms with Gasteiger partial charge in [0.05, 0.1) is 5.69 Å². The standard InChI is InChI=1S/C9H13FN2/c1-2-8(11)6-3-4-9(12)7(10)5-6/h3-5,8H,2,11-12H2,1H3/t8-/m0/s1. The normalized spacial score (nSPS) is 12.9. The molecule has 1 aromatic carbocycles. The van der Waals surface area contributed by atoms with Crippen LogP contribution in [-0.4, -0.2) is 0 Å². The van der Waals surface area contributed by atoms with E-state index in [2.05, 4.69) is 0 Å². The molecule has 1 atom stereocenters. The van der Waals surface area contributed by atoms with Gasteiger partial charge in [0.2, 0.25) is 0 Å². The van der Waals surface area contributed by atoms with Gasteiger partial charge in [0, 0.05) is 6.04 Å². The highest BCUT2D eigenvalue weighted by Crippen LogP contribution is 2.18. The lowest BCUT2D eigenvalue weighted by atomic mass is 10.1. The van der Waals surface area contributed by atoms with E-state index in [1.54, 1.807) is 12.1 Å². The first kappa shape index (κ1) is 9.00. The molecule has 3 heteroatoms. The molecule has 0 aliphatic carbocycles. The van der Waals surface area contributed by atoms with Crippen LogP contribution in [0.5, 0.6) is 0 Å². The summed E-state index contributed by atoms with van der Waals surface area (Å²) in [7, 11) is 0. The van der Waals surface area contributed by atoms with E-state index < -0.39 is 5.82 Å². The fourth-order valence-electron chi connectivity index (χ4n) is 1.01. The molecule has 4 N–H and O–H groups in total. The van der Waals surface area contributed by atoms with Crippen LogP contribution in [0, 0.1) is 5.82 Å². The summed E-state index contributed by atoms with van der Waals surface area (Å²) in [6.45, 7) is 1.96. The number of halogens is 1. The third-order valence-corrected chi connectivity index (χ3v) is 1.89.